The summed E-state index contributed by atoms with van der Waals surface area (Å²) in [4.78, 5) is 6.50. The van der Waals surface area contributed by atoms with Crippen molar-refractivity contribution in [1.82, 2.24) is 10.2 Å². The lowest BCUT2D eigenvalue weighted by molar-refractivity contribution is 0.454. The highest BCUT2D eigenvalue weighted by Gasteiger charge is 2.07. The van der Waals surface area contributed by atoms with Crippen LogP contribution in [0.25, 0.3) is 0 Å². The van der Waals surface area contributed by atoms with Gasteiger partial charge < -0.3 is 4.90 Å². The first-order valence-corrected chi connectivity index (χ1v) is 6.54. The molecule has 1 N–H and O–H groups in total. The van der Waals surface area contributed by atoms with E-state index in [4.69, 9.17) is 5.26 Å². The maximum Gasteiger partial charge on any atom is 0.212 e. The highest BCUT2D eigenvalue weighted by Crippen LogP contribution is 2.20. The number of hydrogen-bond donors (Lipinski definition) is 1. The van der Waals surface area contributed by atoms with Crippen LogP contribution in [0.15, 0.2) is 29.3 Å². The fourth-order valence-electron chi connectivity index (χ4n) is 1.41. The third-order valence-corrected chi connectivity index (χ3v) is 3.22. The summed E-state index contributed by atoms with van der Waals surface area (Å²) in [5.74, 6) is 0.599. The molecule has 1 rings (SSSR count). The van der Waals surface area contributed by atoms with E-state index in [1.165, 1.54) is 0 Å². The van der Waals surface area contributed by atoms with Gasteiger partial charge in [0.15, 0.2) is 6.19 Å². The monoisotopic (exact) mass is 342 g/mol. The zero-order valence-electron chi connectivity index (χ0n) is 9.94. The highest BCUT2D eigenvalue weighted by atomic mass is 127. The van der Waals surface area contributed by atoms with Crippen LogP contribution < -0.4 is 5.32 Å². The van der Waals surface area contributed by atoms with Gasteiger partial charge in [-0.25, -0.2) is 4.99 Å². The average Bonchev–Trinajstić information content (AvgIpc) is 2.34. The molecule has 0 heterocycles. The maximum atomic E-state index is 8.75. The highest BCUT2D eigenvalue weighted by molar-refractivity contribution is 14.1. The molecular weight excluding hydrogens is 327 g/mol. The molecule has 5 heteroatoms. The van der Waals surface area contributed by atoms with E-state index < -0.39 is 0 Å². The number of hydrogen-bond acceptors (Lipinski definition) is 2. The molecule has 0 saturated heterocycles. The Kier molecular flexibility index (Phi) is 5.77. The van der Waals surface area contributed by atoms with Crippen molar-refractivity contribution in [3.05, 3.63) is 27.8 Å². The zero-order chi connectivity index (χ0) is 12.7. The molecule has 0 saturated carbocycles. The summed E-state index contributed by atoms with van der Waals surface area (Å²) in [7, 11) is 0. The van der Waals surface area contributed by atoms with Crippen LogP contribution in [0.3, 0.4) is 0 Å². The van der Waals surface area contributed by atoms with Crippen molar-refractivity contribution >= 4 is 34.2 Å². The Labute approximate surface area is 115 Å². The normalized spacial score (nSPS) is 10.8. The molecular formula is C12H15IN4. The molecule has 1 aromatic carbocycles. The molecule has 0 atom stereocenters. The van der Waals surface area contributed by atoms with Gasteiger partial charge in [-0.05, 0) is 48.6 Å². The van der Waals surface area contributed by atoms with Gasteiger partial charge in [0.2, 0.25) is 5.96 Å². The summed E-state index contributed by atoms with van der Waals surface area (Å²) in [6.45, 7) is 5.70. The number of halogens is 1. The molecule has 1 aromatic rings. The Morgan fingerprint density at radius 3 is 2.59 bits per heavy atom. The van der Waals surface area contributed by atoms with Crippen LogP contribution in [-0.2, 0) is 0 Å². The topological polar surface area (TPSA) is 51.4 Å². The van der Waals surface area contributed by atoms with E-state index in [1.54, 1.807) is 0 Å². The number of aliphatic imine (C=N–C) groups is 1. The Hall–Kier alpha value is -1.29. The van der Waals surface area contributed by atoms with Crippen LogP contribution in [0.4, 0.5) is 5.69 Å². The van der Waals surface area contributed by atoms with Gasteiger partial charge in [-0.3, -0.25) is 5.32 Å². The SMILES string of the molecule is CCN(CC)C(=Nc1ccccc1I)NC#N. The molecule has 0 unspecified atom stereocenters. The van der Waals surface area contributed by atoms with Gasteiger partial charge in [0.05, 0.1) is 5.69 Å². The minimum Gasteiger partial charge on any atom is -0.342 e. The van der Waals surface area contributed by atoms with E-state index in [2.05, 4.69) is 32.9 Å². The predicted molar refractivity (Wildman–Crippen MR) is 77.9 cm³/mol. The minimum atomic E-state index is 0.599. The lowest BCUT2D eigenvalue weighted by Crippen LogP contribution is -2.38. The third kappa shape index (κ3) is 3.89. The predicted octanol–water partition coefficient (Wildman–Crippen LogP) is 2.69. The number of benzene rings is 1. The van der Waals surface area contributed by atoms with Gasteiger partial charge in [0, 0.05) is 16.7 Å². The Bertz CT molecular complexity index is 432. The van der Waals surface area contributed by atoms with Gasteiger partial charge in [0.25, 0.3) is 0 Å². The van der Waals surface area contributed by atoms with Crippen LogP contribution in [0.5, 0.6) is 0 Å². The van der Waals surface area contributed by atoms with E-state index in [9.17, 15) is 0 Å². The lowest BCUT2D eigenvalue weighted by atomic mass is 10.3. The Morgan fingerprint density at radius 2 is 2.06 bits per heavy atom. The van der Waals surface area contributed by atoms with Gasteiger partial charge in [0.1, 0.15) is 0 Å². The van der Waals surface area contributed by atoms with E-state index in [-0.39, 0.29) is 0 Å². The summed E-state index contributed by atoms with van der Waals surface area (Å²) in [5.41, 5.74) is 0.873. The van der Waals surface area contributed by atoms with Crippen molar-refractivity contribution in [2.75, 3.05) is 13.1 Å². The number of nitrogens with one attached hydrogen (secondary N) is 1. The van der Waals surface area contributed by atoms with Crippen molar-refractivity contribution in [3.8, 4) is 6.19 Å². The summed E-state index contributed by atoms with van der Waals surface area (Å²) in [6.07, 6.45) is 1.93. The van der Waals surface area contributed by atoms with Gasteiger partial charge in [-0.15, -0.1) is 0 Å². The Balaban J connectivity index is 3.06. The molecule has 0 bridgehead atoms. The fraction of sp³-hybridized carbons (Fsp3) is 0.333. The third-order valence-electron chi connectivity index (χ3n) is 2.31. The number of nitriles is 1. The molecule has 0 aliphatic rings. The second kappa shape index (κ2) is 7.12. The van der Waals surface area contributed by atoms with Gasteiger partial charge >= 0.3 is 0 Å². The summed E-state index contributed by atoms with van der Waals surface area (Å²) >= 11 is 2.23. The fourth-order valence-corrected chi connectivity index (χ4v) is 1.92. The summed E-state index contributed by atoms with van der Waals surface area (Å²) in [5, 5.41) is 11.4. The Morgan fingerprint density at radius 1 is 1.41 bits per heavy atom. The van der Waals surface area contributed by atoms with Crippen LogP contribution >= 0.6 is 22.6 Å². The smallest absolute Gasteiger partial charge is 0.212 e. The lowest BCUT2D eigenvalue weighted by Gasteiger charge is -2.21. The molecule has 0 spiro atoms. The summed E-state index contributed by atoms with van der Waals surface area (Å²) in [6, 6.07) is 7.83. The van der Waals surface area contributed by atoms with Crippen molar-refractivity contribution < 1.29 is 0 Å². The average molecular weight is 342 g/mol. The van der Waals surface area contributed by atoms with Crippen molar-refractivity contribution in [2.45, 2.75) is 13.8 Å². The number of nitrogens with zero attached hydrogens (tertiary/aromatic N) is 3. The molecule has 0 fully saturated rings. The van der Waals surface area contributed by atoms with Crippen LogP contribution in [0.1, 0.15) is 13.8 Å². The first-order valence-electron chi connectivity index (χ1n) is 5.46. The minimum absolute atomic E-state index is 0.599. The molecule has 17 heavy (non-hydrogen) atoms. The second-order valence-corrected chi connectivity index (χ2v) is 4.46. The van der Waals surface area contributed by atoms with Crippen molar-refractivity contribution in [3.63, 3.8) is 0 Å². The van der Waals surface area contributed by atoms with E-state index in [0.29, 0.717) is 5.96 Å². The number of para-hydroxylation sites is 1. The van der Waals surface area contributed by atoms with Gasteiger partial charge in [-0.1, -0.05) is 12.1 Å². The molecule has 0 aliphatic heterocycles. The van der Waals surface area contributed by atoms with Crippen molar-refractivity contribution in [1.29, 1.82) is 5.26 Å². The van der Waals surface area contributed by atoms with Crippen LogP contribution in [0, 0.1) is 15.0 Å². The molecule has 90 valence electrons. The van der Waals surface area contributed by atoms with Crippen LogP contribution in [0.2, 0.25) is 0 Å². The molecule has 0 aliphatic carbocycles. The molecule has 4 nitrogen and oxygen atoms in total. The summed E-state index contributed by atoms with van der Waals surface area (Å²) < 4.78 is 1.06. The second-order valence-electron chi connectivity index (χ2n) is 3.30. The molecule has 0 aromatic heterocycles. The number of guanidine groups is 1. The zero-order valence-corrected chi connectivity index (χ0v) is 12.1. The van der Waals surface area contributed by atoms with Crippen LogP contribution in [-0.4, -0.2) is 23.9 Å². The standard InChI is InChI=1S/C12H15IN4/c1-3-17(4-2)12(15-9-14)16-11-8-6-5-7-10(11)13/h5-8H,3-4H2,1-2H3,(H,15,16). The number of rotatable bonds is 3. The largest absolute Gasteiger partial charge is 0.342 e. The van der Waals surface area contributed by atoms with E-state index in [0.717, 1.165) is 22.3 Å². The van der Waals surface area contributed by atoms with Gasteiger partial charge in [-0.2, -0.15) is 5.26 Å². The molecule has 0 radical (unpaired) electrons. The quantitative estimate of drug-likeness (QED) is 0.302. The van der Waals surface area contributed by atoms with E-state index >= 15 is 0 Å². The first kappa shape index (κ1) is 13.8. The van der Waals surface area contributed by atoms with Crippen molar-refractivity contribution in [2.24, 2.45) is 4.99 Å². The van der Waals surface area contributed by atoms with E-state index in [1.807, 2.05) is 49.2 Å². The maximum absolute atomic E-state index is 8.75. The first-order chi connectivity index (χ1) is 8.22. The molecule has 0 amide bonds.